The Morgan fingerprint density at radius 2 is 1.65 bits per heavy atom. The average Bonchev–Trinajstić information content (AvgIpc) is 3.42. The number of nitrogens with one attached hydrogen (secondary N) is 3. The number of alkyl halides is 2. The Hall–Kier alpha value is -3.94. The smallest absolute Gasteiger partial charge is 0.344 e. The highest BCUT2D eigenvalue weighted by molar-refractivity contribution is 6.01. The van der Waals surface area contributed by atoms with Crippen LogP contribution in [0.15, 0.2) is 30.6 Å². The van der Waals surface area contributed by atoms with Crippen LogP contribution in [0, 0.1) is 11.7 Å². The minimum absolute atomic E-state index is 0.170. The van der Waals surface area contributed by atoms with Gasteiger partial charge in [-0.2, -0.15) is 13.9 Å². The van der Waals surface area contributed by atoms with Crippen molar-refractivity contribution in [2.45, 2.75) is 103 Å². The van der Waals surface area contributed by atoms with Gasteiger partial charge in [-0.3, -0.25) is 23.9 Å². The Morgan fingerprint density at radius 1 is 1.00 bits per heavy atom. The normalized spacial score (nSPS) is 18.9. The lowest BCUT2D eigenvalue weighted by atomic mass is 9.79. The number of piperazine rings is 1. The van der Waals surface area contributed by atoms with E-state index in [1.807, 2.05) is 7.05 Å². The number of likely N-dealkylation sites (N-methyl/N-ethyl adjacent to an activating group) is 1. The number of halogens is 3. The summed E-state index contributed by atoms with van der Waals surface area (Å²) in [6, 6.07) is 3.17. The molecule has 2 fully saturated rings. The van der Waals surface area contributed by atoms with Gasteiger partial charge >= 0.3 is 5.92 Å². The van der Waals surface area contributed by atoms with Crippen LogP contribution in [0.5, 0.6) is 0 Å². The van der Waals surface area contributed by atoms with Gasteiger partial charge in [-0.25, -0.2) is 4.39 Å². The molecule has 0 bridgehead atoms. The Kier molecular flexibility index (Phi) is 12.5. The lowest BCUT2D eigenvalue weighted by Crippen LogP contribution is -2.61. The second kappa shape index (κ2) is 16.2. The first kappa shape index (κ1) is 37.9. The summed E-state index contributed by atoms with van der Waals surface area (Å²) in [5.41, 5.74) is -2.16. The quantitative estimate of drug-likeness (QED) is 0.284. The van der Waals surface area contributed by atoms with Gasteiger partial charge in [0.15, 0.2) is 0 Å². The van der Waals surface area contributed by atoms with Crippen LogP contribution in [0.2, 0.25) is 0 Å². The maximum atomic E-state index is 15.7. The van der Waals surface area contributed by atoms with Crippen molar-refractivity contribution in [3.8, 4) is 0 Å². The standard InChI is InChI=1S/C35H50F3N7O4/c1-6-29(46)41-30(31(47)44-18-16-43(5)17-19-44)23(3)24-14-15-28(27(36)20-24)40-32(48)34(4,25-12-10-8-9-11-13-25)42-33(49)35(37,38)26-21-39-45(7-2)22-26/h14-15,20-23,25,30H,6-13,16-19H2,1-5H3,(H,40,48)(H,41,46)(H,42,49)/t23-,30+,34+/m0/s1. The van der Waals surface area contributed by atoms with Crippen molar-refractivity contribution in [1.29, 1.82) is 0 Å². The van der Waals surface area contributed by atoms with Gasteiger partial charge in [0.1, 0.15) is 17.4 Å². The molecule has 1 aromatic carbocycles. The average molecular weight is 690 g/mol. The summed E-state index contributed by atoms with van der Waals surface area (Å²) in [5, 5.41) is 11.6. The van der Waals surface area contributed by atoms with Crippen LogP contribution in [-0.4, -0.2) is 88.0 Å². The van der Waals surface area contributed by atoms with Crippen LogP contribution in [0.1, 0.15) is 89.7 Å². The number of carbonyl (C=O) groups is 4. The third kappa shape index (κ3) is 8.81. The van der Waals surface area contributed by atoms with Crippen molar-refractivity contribution in [3.63, 3.8) is 0 Å². The fraction of sp³-hybridized carbons (Fsp3) is 0.629. The van der Waals surface area contributed by atoms with Crippen LogP contribution >= 0.6 is 0 Å². The van der Waals surface area contributed by atoms with E-state index in [1.165, 1.54) is 23.7 Å². The van der Waals surface area contributed by atoms with Gasteiger partial charge in [0.25, 0.3) is 5.91 Å². The highest BCUT2D eigenvalue weighted by atomic mass is 19.3. The SMILES string of the molecule is CCC(=O)N[C@@H](C(=O)N1CCN(C)CC1)[C@@H](C)c1ccc(NC(=O)[C@](C)(NC(=O)C(F)(F)c2cnn(CC)c2)C2CCCCCC2)c(F)c1. The molecular formula is C35H50F3N7O4. The molecule has 2 heterocycles. The van der Waals surface area contributed by atoms with E-state index in [9.17, 15) is 19.2 Å². The number of rotatable bonds is 12. The molecule has 14 heteroatoms. The first-order chi connectivity index (χ1) is 23.2. The van der Waals surface area contributed by atoms with Crippen molar-refractivity contribution < 1.29 is 32.3 Å². The molecule has 0 radical (unpaired) electrons. The van der Waals surface area contributed by atoms with Gasteiger partial charge in [-0.15, -0.1) is 0 Å². The maximum Gasteiger partial charge on any atom is 0.352 e. The molecule has 4 rings (SSSR count). The number of carbonyl (C=O) groups excluding carboxylic acids is 4. The van der Waals surface area contributed by atoms with Gasteiger partial charge in [0.05, 0.1) is 17.4 Å². The zero-order valence-electron chi connectivity index (χ0n) is 29.2. The van der Waals surface area contributed by atoms with Crippen LogP contribution in [-0.2, 0) is 31.6 Å². The zero-order chi connectivity index (χ0) is 35.9. The predicted molar refractivity (Wildman–Crippen MR) is 179 cm³/mol. The summed E-state index contributed by atoms with van der Waals surface area (Å²) in [6.45, 7) is 9.29. The van der Waals surface area contributed by atoms with Crippen molar-refractivity contribution in [1.82, 2.24) is 30.2 Å². The molecule has 4 amide bonds. The first-order valence-corrected chi connectivity index (χ1v) is 17.3. The molecule has 3 N–H and O–H groups in total. The minimum atomic E-state index is -3.96. The fourth-order valence-electron chi connectivity index (χ4n) is 6.61. The van der Waals surface area contributed by atoms with Crippen molar-refractivity contribution in [2.75, 3.05) is 38.5 Å². The summed E-state index contributed by atoms with van der Waals surface area (Å²) < 4.78 is 47.8. The number of hydrogen-bond acceptors (Lipinski definition) is 6. The molecule has 1 saturated carbocycles. The van der Waals surface area contributed by atoms with E-state index in [-0.39, 0.29) is 23.9 Å². The monoisotopic (exact) mass is 689 g/mol. The second-order valence-corrected chi connectivity index (χ2v) is 13.5. The fourth-order valence-corrected chi connectivity index (χ4v) is 6.61. The molecule has 1 aliphatic carbocycles. The van der Waals surface area contributed by atoms with E-state index in [1.54, 1.807) is 31.7 Å². The first-order valence-electron chi connectivity index (χ1n) is 17.3. The summed E-state index contributed by atoms with van der Waals surface area (Å²) in [4.78, 5) is 56.9. The molecule has 270 valence electrons. The Balaban J connectivity index is 1.57. The van der Waals surface area contributed by atoms with E-state index >= 15 is 13.2 Å². The molecule has 1 aromatic heterocycles. The topological polar surface area (TPSA) is 129 Å². The number of aryl methyl sites for hydroxylation is 1. The number of amides is 4. The van der Waals surface area contributed by atoms with Gasteiger partial charge in [0, 0.05) is 51.3 Å². The van der Waals surface area contributed by atoms with Gasteiger partial charge in [-0.05, 0) is 57.4 Å². The molecule has 3 atom stereocenters. The van der Waals surface area contributed by atoms with Gasteiger partial charge < -0.3 is 25.8 Å². The Labute approximate surface area is 286 Å². The number of nitrogens with zero attached hydrogens (tertiary/aromatic N) is 4. The van der Waals surface area contributed by atoms with Crippen LogP contribution in [0.25, 0.3) is 0 Å². The van der Waals surface area contributed by atoms with Gasteiger partial charge in [-0.1, -0.05) is 45.6 Å². The highest BCUT2D eigenvalue weighted by Gasteiger charge is 2.50. The number of hydrogen-bond donors (Lipinski definition) is 3. The summed E-state index contributed by atoms with van der Waals surface area (Å²) in [7, 11) is 1.97. The maximum absolute atomic E-state index is 15.7. The van der Waals surface area contributed by atoms with E-state index in [2.05, 4.69) is 25.9 Å². The molecule has 2 aliphatic rings. The number of benzene rings is 1. The molecule has 2 aromatic rings. The van der Waals surface area contributed by atoms with Crippen molar-refractivity contribution >= 4 is 29.3 Å². The molecule has 1 aliphatic heterocycles. The molecule has 49 heavy (non-hydrogen) atoms. The Morgan fingerprint density at radius 3 is 2.22 bits per heavy atom. The molecule has 0 unspecified atom stereocenters. The molecule has 1 saturated heterocycles. The van der Waals surface area contributed by atoms with E-state index < -0.39 is 52.5 Å². The lowest BCUT2D eigenvalue weighted by molar-refractivity contribution is -0.152. The van der Waals surface area contributed by atoms with Crippen molar-refractivity contribution in [3.05, 3.63) is 47.5 Å². The van der Waals surface area contributed by atoms with E-state index in [0.717, 1.165) is 38.1 Å². The van der Waals surface area contributed by atoms with Crippen molar-refractivity contribution in [2.24, 2.45) is 5.92 Å². The Bertz CT molecular complexity index is 1490. The number of aromatic nitrogens is 2. The van der Waals surface area contributed by atoms with Gasteiger partial charge in [0.2, 0.25) is 17.7 Å². The molecular weight excluding hydrogens is 639 g/mol. The summed E-state index contributed by atoms with van der Waals surface area (Å²) >= 11 is 0. The molecule has 0 spiro atoms. The second-order valence-electron chi connectivity index (χ2n) is 13.5. The summed E-state index contributed by atoms with van der Waals surface area (Å²) in [5.74, 6) is -8.88. The zero-order valence-corrected chi connectivity index (χ0v) is 29.2. The van der Waals surface area contributed by atoms with Crippen LogP contribution in [0.3, 0.4) is 0 Å². The highest BCUT2D eigenvalue weighted by Crippen LogP contribution is 2.36. The third-order valence-corrected chi connectivity index (χ3v) is 10.1. The lowest BCUT2D eigenvalue weighted by Gasteiger charge is -2.38. The van der Waals surface area contributed by atoms with E-state index in [0.29, 0.717) is 51.1 Å². The largest absolute Gasteiger partial charge is 0.352 e. The summed E-state index contributed by atoms with van der Waals surface area (Å²) in [6.07, 6.45) is 6.59. The number of anilines is 1. The molecule has 11 nitrogen and oxygen atoms in total. The van der Waals surface area contributed by atoms with Crippen LogP contribution < -0.4 is 16.0 Å². The van der Waals surface area contributed by atoms with E-state index in [4.69, 9.17) is 0 Å². The third-order valence-electron chi connectivity index (χ3n) is 10.1. The van der Waals surface area contributed by atoms with Crippen LogP contribution in [0.4, 0.5) is 18.9 Å². The minimum Gasteiger partial charge on any atom is -0.344 e. The predicted octanol–water partition coefficient (Wildman–Crippen LogP) is 4.39.